The molecule has 3 aromatic rings. The number of aryl methyl sites for hydroxylation is 1. The lowest BCUT2D eigenvalue weighted by molar-refractivity contribution is 0.101. The largest absolute Gasteiger partial charge is 0.316 e. The van der Waals surface area contributed by atoms with Crippen LogP contribution in [0, 0.1) is 18.6 Å². The maximum atomic E-state index is 13.6. The van der Waals surface area contributed by atoms with Crippen LogP contribution in [0.4, 0.5) is 14.5 Å². The molecule has 1 aromatic carbocycles. The van der Waals surface area contributed by atoms with Crippen LogP contribution >= 0.6 is 11.3 Å². The number of halogens is 2. The molecule has 0 radical (unpaired) electrons. The Morgan fingerprint density at radius 1 is 1.32 bits per heavy atom. The Morgan fingerprint density at radius 3 is 2.68 bits per heavy atom. The summed E-state index contributed by atoms with van der Waals surface area (Å²) >= 11 is 1.26. The average Bonchev–Trinajstić information content (AvgIpc) is 2.91. The topological polar surface area (TPSA) is 63.5 Å². The van der Waals surface area contributed by atoms with Crippen molar-refractivity contribution in [1.82, 2.24) is 9.38 Å². The highest BCUT2D eigenvalue weighted by Crippen LogP contribution is 2.16. The molecule has 0 atom stereocenters. The van der Waals surface area contributed by atoms with E-state index in [9.17, 15) is 18.4 Å². The summed E-state index contributed by atoms with van der Waals surface area (Å²) in [6.45, 7) is 1.54. The minimum absolute atomic E-state index is 0.108. The predicted molar refractivity (Wildman–Crippen MR) is 78.4 cm³/mol. The van der Waals surface area contributed by atoms with Crippen molar-refractivity contribution in [2.24, 2.45) is 0 Å². The van der Waals surface area contributed by atoms with Crippen molar-refractivity contribution in [3.63, 3.8) is 0 Å². The van der Waals surface area contributed by atoms with E-state index >= 15 is 0 Å². The Morgan fingerprint density at radius 2 is 2.00 bits per heavy atom. The first-order valence-corrected chi connectivity index (χ1v) is 7.09. The highest BCUT2D eigenvalue weighted by Gasteiger charge is 2.20. The van der Waals surface area contributed by atoms with E-state index in [2.05, 4.69) is 10.3 Å². The van der Waals surface area contributed by atoms with Gasteiger partial charge in [0.2, 0.25) is 0 Å². The highest BCUT2D eigenvalue weighted by atomic mass is 32.1. The number of hydrogen-bond donors (Lipinski definition) is 1. The first-order chi connectivity index (χ1) is 10.5. The molecule has 8 heteroatoms. The van der Waals surface area contributed by atoms with Gasteiger partial charge < -0.3 is 5.32 Å². The minimum atomic E-state index is -1.03. The summed E-state index contributed by atoms with van der Waals surface area (Å²) in [6.07, 6.45) is 1.51. The second-order valence-corrected chi connectivity index (χ2v) is 5.36. The Labute approximate surface area is 126 Å². The molecule has 1 amide bonds. The number of anilines is 1. The van der Waals surface area contributed by atoms with Crippen LogP contribution < -0.4 is 10.9 Å². The number of nitrogens with one attached hydrogen (secondary N) is 1. The number of amides is 1. The standard InChI is InChI=1S/C14H9F2N3O2S/c1-7-11(13(21)19-5-6-22-14(19)17-7)18-12(20)10-8(15)3-2-4-9(10)16/h2-6H,1H3,(H,18,20). The second-order valence-electron chi connectivity index (χ2n) is 4.48. The van der Waals surface area contributed by atoms with Crippen molar-refractivity contribution >= 4 is 27.9 Å². The number of hydrogen-bond acceptors (Lipinski definition) is 4. The van der Waals surface area contributed by atoms with Gasteiger partial charge in [-0.1, -0.05) is 6.07 Å². The lowest BCUT2D eigenvalue weighted by atomic mass is 10.2. The van der Waals surface area contributed by atoms with E-state index in [0.717, 1.165) is 18.2 Å². The molecule has 2 heterocycles. The number of benzene rings is 1. The molecule has 0 aliphatic carbocycles. The van der Waals surface area contributed by atoms with Gasteiger partial charge in [-0.05, 0) is 19.1 Å². The maximum absolute atomic E-state index is 13.6. The molecule has 0 saturated carbocycles. The Hall–Kier alpha value is -2.61. The molecular formula is C14H9F2N3O2S. The number of fused-ring (bicyclic) bond motifs is 1. The van der Waals surface area contributed by atoms with E-state index in [-0.39, 0.29) is 11.4 Å². The molecule has 22 heavy (non-hydrogen) atoms. The van der Waals surface area contributed by atoms with Crippen molar-refractivity contribution in [2.45, 2.75) is 6.92 Å². The Bertz CT molecular complexity index is 929. The fraction of sp³-hybridized carbons (Fsp3) is 0.0714. The van der Waals surface area contributed by atoms with E-state index in [0.29, 0.717) is 4.96 Å². The third kappa shape index (κ3) is 2.27. The summed E-state index contributed by atoms with van der Waals surface area (Å²) < 4.78 is 28.5. The zero-order valence-electron chi connectivity index (χ0n) is 11.3. The molecule has 0 aliphatic heterocycles. The van der Waals surface area contributed by atoms with Gasteiger partial charge in [-0.3, -0.25) is 14.0 Å². The summed E-state index contributed by atoms with van der Waals surface area (Å²) in [4.78, 5) is 29.0. The smallest absolute Gasteiger partial charge is 0.282 e. The van der Waals surface area contributed by atoms with E-state index in [1.807, 2.05) is 0 Å². The normalized spacial score (nSPS) is 10.9. The molecule has 2 aromatic heterocycles. The number of carbonyl (C=O) groups excluding carboxylic acids is 1. The fourth-order valence-electron chi connectivity index (χ4n) is 2.02. The van der Waals surface area contributed by atoms with Crippen molar-refractivity contribution in [1.29, 1.82) is 0 Å². The summed E-state index contributed by atoms with van der Waals surface area (Å²) in [5, 5.41) is 3.92. The Kier molecular flexibility index (Phi) is 3.45. The highest BCUT2D eigenvalue weighted by molar-refractivity contribution is 7.15. The quantitative estimate of drug-likeness (QED) is 0.789. The SMILES string of the molecule is Cc1nc2sccn2c(=O)c1NC(=O)c1c(F)cccc1F. The van der Waals surface area contributed by atoms with Crippen LogP contribution in [0.25, 0.3) is 4.96 Å². The predicted octanol–water partition coefficient (Wildman–Crippen LogP) is 2.59. The van der Waals surface area contributed by atoms with Crippen molar-refractivity contribution < 1.29 is 13.6 Å². The van der Waals surface area contributed by atoms with Gasteiger partial charge in [0, 0.05) is 11.6 Å². The molecule has 112 valence electrons. The zero-order valence-corrected chi connectivity index (χ0v) is 12.1. The van der Waals surface area contributed by atoms with Crippen LogP contribution in [0.5, 0.6) is 0 Å². The van der Waals surface area contributed by atoms with E-state index in [1.165, 1.54) is 28.9 Å². The van der Waals surface area contributed by atoms with E-state index < -0.39 is 28.7 Å². The summed E-state index contributed by atoms with van der Waals surface area (Å²) in [7, 11) is 0. The number of rotatable bonds is 2. The van der Waals surface area contributed by atoms with Crippen LogP contribution in [0.2, 0.25) is 0 Å². The number of carbonyl (C=O) groups is 1. The second kappa shape index (κ2) is 5.30. The monoisotopic (exact) mass is 321 g/mol. The molecular weight excluding hydrogens is 312 g/mol. The summed E-state index contributed by atoms with van der Waals surface area (Å²) in [5.41, 5.74) is -1.08. The van der Waals surface area contributed by atoms with Gasteiger partial charge in [-0.15, -0.1) is 11.3 Å². The average molecular weight is 321 g/mol. The van der Waals surface area contributed by atoms with E-state index in [1.54, 1.807) is 5.38 Å². The maximum Gasteiger partial charge on any atom is 0.282 e. The summed E-state index contributed by atoms with van der Waals surface area (Å²) in [5.74, 6) is -3.03. The molecule has 5 nitrogen and oxygen atoms in total. The molecule has 0 unspecified atom stereocenters. The Balaban J connectivity index is 2.07. The van der Waals surface area contributed by atoms with Crippen molar-refractivity contribution in [3.8, 4) is 0 Å². The van der Waals surface area contributed by atoms with Crippen LogP contribution in [0.1, 0.15) is 16.1 Å². The van der Waals surface area contributed by atoms with Gasteiger partial charge in [0.05, 0.1) is 5.69 Å². The lowest BCUT2D eigenvalue weighted by Gasteiger charge is -2.08. The first-order valence-electron chi connectivity index (χ1n) is 6.21. The summed E-state index contributed by atoms with van der Waals surface area (Å²) in [6, 6.07) is 3.09. The van der Waals surface area contributed by atoms with Gasteiger partial charge in [0.1, 0.15) is 22.9 Å². The third-order valence-corrected chi connectivity index (χ3v) is 3.83. The van der Waals surface area contributed by atoms with Gasteiger partial charge in [0.15, 0.2) is 4.96 Å². The number of nitrogens with zero attached hydrogens (tertiary/aromatic N) is 2. The molecule has 0 spiro atoms. The van der Waals surface area contributed by atoms with Crippen LogP contribution in [0.15, 0.2) is 34.6 Å². The van der Waals surface area contributed by atoms with Gasteiger partial charge in [-0.2, -0.15) is 0 Å². The first kappa shape index (κ1) is 14.3. The molecule has 1 N–H and O–H groups in total. The fourth-order valence-corrected chi connectivity index (χ4v) is 2.77. The van der Waals surface area contributed by atoms with Gasteiger partial charge in [-0.25, -0.2) is 13.8 Å². The molecule has 0 aliphatic rings. The molecule has 0 saturated heterocycles. The number of aromatic nitrogens is 2. The molecule has 0 bridgehead atoms. The molecule has 3 rings (SSSR count). The minimum Gasteiger partial charge on any atom is -0.316 e. The molecule has 0 fully saturated rings. The van der Waals surface area contributed by atoms with E-state index in [4.69, 9.17) is 0 Å². The van der Waals surface area contributed by atoms with Gasteiger partial charge in [0.25, 0.3) is 11.5 Å². The van der Waals surface area contributed by atoms with Gasteiger partial charge >= 0.3 is 0 Å². The van der Waals surface area contributed by atoms with Crippen molar-refractivity contribution in [3.05, 3.63) is 63.0 Å². The third-order valence-electron chi connectivity index (χ3n) is 3.08. The zero-order chi connectivity index (χ0) is 15.9. The van der Waals surface area contributed by atoms with Crippen LogP contribution in [-0.4, -0.2) is 15.3 Å². The van der Waals surface area contributed by atoms with Crippen LogP contribution in [0.3, 0.4) is 0 Å². The van der Waals surface area contributed by atoms with Crippen LogP contribution in [-0.2, 0) is 0 Å². The lowest BCUT2D eigenvalue weighted by Crippen LogP contribution is -2.25. The number of thiazole rings is 1. The van der Waals surface area contributed by atoms with Crippen molar-refractivity contribution in [2.75, 3.05) is 5.32 Å².